The van der Waals surface area contributed by atoms with E-state index in [4.69, 9.17) is 14.2 Å². The number of hydrogen-bond donors (Lipinski definition) is 1. The van der Waals surface area contributed by atoms with E-state index in [1.54, 1.807) is 33.5 Å². The molecule has 3 aromatic heterocycles. The van der Waals surface area contributed by atoms with Crippen molar-refractivity contribution in [2.24, 2.45) is 0 Å². The number of nitrogens with zero attached hydrogens (tertiary/aromatic N) is 3. The summed E-state index contributed by atoms with van der Waals surface area (Å²) in [4.78, 5) is 23.7. The van der Waals surface area contributed by atoms with Crippen LogP contribution in [0.5, 0.6) is 17.2 Å². The molecular weight excluding hydrogens is 368 g/mol. The van der Waals surface area contributed by atoms with Crippen molar-refractivity contribution in [2.45, 2.75) is 13.8 Å². The molecule has 0 atom stereocenters. The van der Waals surface area contributed by atoms with Crippen LogP contribution in [0.3, 0.4) is 0 Å². The van der Waals surface area contributed by atoms with Crippen molar-refractivity contribution in [3.05, 3.63) is 32.9 Å². The summed E-state index contributed by atoms with van der Waals surface area (Å²) in [6.45, 7) is 3.91. The van der Waals surface area contributed by atoms with Crippen molar-refractivity contribution in [1.82, 2.24) is 19.6 Å². The van der Waals surface area contributed by atoms with Crippen molar-refractivity contribution in [3.63, 3.8) is 0 Å². The third-order valence-electron chi connectivity index (χ3n) is 4.55. The smallest absolute Gasteiger partial charge is 0.283 e. The maximum atomic E-state index is 12.9. The molecule has 0 saturated heterocycles. The summed E-state index contributed by atoms with van der Waals surface area (Å²) in [7, 11) is 4.64. The fraction of sp³-hybridized carbons (Fsp3) is 0.278. The second-order valence-electron chi connectivity index (χ2n) is 6.00. The Morgan fingerprint density at radius 1 is 1.04 bits per heavy atom. The predicted octanol–water partition coefficient (Wildman–Crippen LogP) is 2.94. The number of thiophene rings is 1. The average Bonchev–Trinajstić information content (AvgIpc) is 3.22. The first kappa shape index (κ1) is 17.3. The molecule has 0 amide bonds. The summed E-state index contributed by atoms with van der Waals surface area (Å²) >= 11 is 1.50. The van der Waals surface area contributed by atoms with Gasteiger partial charge in [-0.3, -0.25) is 9.89 Å². The number of benzene rings is 1. The Hall–Kier alpha value is -3.07. The van der Waals surface area contributed by atoms with Crippen LogP contribution in [0.15, 0.2) is 16.9 Å². The lowest BCUT2D eigenvalue weighted by atomic mass is 10.1. The van der Waals surface area contributed by atoms with E-state index in [0.29, 0.717) is 44.6 Å². The zero-order valence-electron chi connectivity index (χ0n) is 15.5. The number of rotatable bonds is 4. The summed E-state index contributed by atoms with van der Waals surface area (Å²) < 4.78 is 17.5. The highest BCUT2D eigenvalue weighted by Gasteiger charge is 2.19. The monoisotopic (exact) mass is 386 g/mol. The van der Waals surface area contributed by atoms with E-state index < -0.39 is 0 Å². The number of nitrogens with one attached hydrogen (secondary N) is 1. The highest BCUT2D eigenvalue weighted by molar-refractivity contribution is 7.18. The van der Waals surface area contributed by atoms with E-state index in [9.17, 15) is 4.79 Å². The SMILES string of the molecule is COc1cc(-c2nc3nc4sc(C)c(C)c4c(=O)n3[nH]2)cc(OC)c1OC. The molecule has 3 heterocycles. The van der Waals surface area contributed by atoms with Gasteiger partial charge in [0.05, 0.1) is 26.7 Å². The summed E-state index contributed by atoms with van der Waals surface area (Å²) in [5, 5.41) is 3.65. The number of H-pyrrole nitrogens is 1. The molecule has 8 nitrogen and oxygen atoms in total. The van der Waals surface area contributed by atoms with Gasteiger partial charge in [-0.05, 0) is 31.5 Å². The van der Waals surface area contributed by atoms with Crippen LogP contribution >= 0.6 is 11.3 Å². The third-order valence-corrected chi connectivity index (χ3v) is 5.65. The molecule has 0 fully saturated rings. The van der Waals surface area contributed by atoms with Crippen molar-refractivity contribution >= 4 is 27.3 Å². The van der Waals surface area contributed by atoms with E-state index in [2.05, 4.69) is 15.1 Å². The molecule has 0 bridgehead atoms. The summed E-state index contributed by atoms with van der Waals surface area (Å²) in [5.41, 5.74) is 1.47. The highest BCUT2D eigenvalue weighted by atomic mass is 32.1. The van der Waals surface area contributed by atoms with Crippen molar-refractivity contribution in [2.75, 3.05) is 21.3 Å². The van der Waals surface area contributed by atoms with Crippen LogP contribution < -0.4 is 19.8 Å². The fourth-order valence-corrected chi connectivity index (χ4v) is 4.05. The molecule has 0 aliphatic carbocycles. The van der Waals surface area contributed by atoms with Crippen LogP contribution in [0.4, 0.5) is 0 Å². The molecule has 0 aliphatic rings. The quantitative estimate of drug-likeness (QED) is 0.580. The Labute approximate surface area is 158 Å². The maximum Gasteiger partial charge on any atom is 0.283 e. The maximum absolute atomic E-state index is 12.9. The molecule has 0 radical (unpaired) electrons. The molecule has 1 aromatic carbocycles. The normalized spacial score (nSPS) is 11.3. The van der Waals surface area contributed by atoms with Gasteiger partial charge in [0.1, 0.15) is 4.83 Å². The lowest BCUT2D eigenvalue weighted by molar-refractivity contribution is 0.324. The van der Waals surface area contributed by atoms with Gasteiger partial charge < -0.3 is 14.2 Å². The standard InChI is InChI=1S/C18H18N4O4S/c1-8-9(2)27-16-13(8)17(23)22-18(20-16)19-15(21-22)10-6-11(24-3)14(26-5)12(7-10)25-4/h6-7H,1-5H3,(H,19,20,21). The molecule has 27 heavy (non-hydrogen) atoms. The van der Waals surface area contributed by atoms with Gasteiger partial charge in [0.25, 0.3) is 11.3 Å². The lowest BCUT2D eigenvalue weighted by Gasteiger charge is -2.13. The van der Waals surface area contributed by atoms with Gasteiger partial charge in [-0.1, -0.05) is 0 Å². The molecule has 140 valence electrons. The van der Waals surface area contributed by atoms with Gasteiger partial charge >= 0.3 is 0 Å². The molecule has 0 saturated carbocycles. The number of ether oxygens (including phenoxy) is 3. The number of aromatic nitrogens is 4. The fourth-order valence-electron chi connectivity index (χ4n) is 3.04. The number of methoxy groups -OCH3 is 3. The van der Waals surface area contributed by atoms with Crippen molar-refractivity contribution in [3.8, 4) is 28.6 Å². The van der Waals surface area contributed by atoms with Gasteiger partial charge in [-0.25, -0.2) is 0 Å². The molecule has 9 heteroatoms. The van der Waals surface area contributed by atoms with Gasteiger partial charge in [0.2, 0.25) is 5.75 Å². The van der Waals surface area contributed by atoms with E-state index >= 15 is 0 Å². The van der Waals surface area contributed by atoms with E-state index in [-0.39, 0.29) is 5.56 Å². The summed E-state index contributed by atoms with van der Waals surface area (Å²) in [5.74, 6) is 2.28. The highest BCUT2D eigenvalue weighted by Crippen LogP contribution is 2.40. The van der Waals surface area contributed by atoms with Gasteiger partial charge in [0.15, 0.2) is 17.3 Å². The number of aryl methyl sites for hydroxylation is 2. The molecule has 0 unspecified atom stereocenters. The molecular formula is C18H18N4O4S. The molecule has 0 spiro atoms. The largest absolute Gasteiger partial charge is 0.493 e. The van der Waals surface area contributed by atoms with Gasteiger partial charge in [0, 0.05) is 10.4 Å². The minimum atomic E-state index is -0.164. The minimum Gasteiger partial charge on any atom is -0.493 e. The Balaban J connectivity index is 1.96. The third kappa shape index (κ3) is 2.54. The predicted molar refractivity (Wildman–Crippen MR) is 104 cm³/mol. The van der Waals surface area contributed by atoms with Crippen molar-refractivity contribution < 1.29 is 14.2 Å². The first-order valence-corrected chi connectivity index (χ1v) is 8.99. The van der Waals surface area contributed by atoms with Crippen molar-refractivity contribution in [1.29, 1.82) is 0 Å². The van der Waals surface area contributed by atoms with Crippen LogP contribution in [-0.4, -0.2) is 40.9 Å². The van der Waals surface area contributed by atoms with E-state index in [0.717, 1.165) is 10.4 Å². The number of hydrogen-bond acceptors (Lipinski definition) is 7. The summed E-state index contributed by atoms with van der Waals surface area (Å²) in [6.07, 6.45) is 0. The topological polar surface area (TPSA) is 90.7 Å². The van der Waals surface area contributed by atoms with Gasteiger partial charge in [-0.2, -0.15) is 14.5 Å². The van der Waals surface area contributed by atoms with Crippen LogP contribution in [-0.2, 0) is 0 Å². The average molecular weight is 386 g/mol. The molecule has 4 rings (SSSR count). The first-order valence-electron chi connectivity index (χ1n) is 8.17. The number of fused-ring (bicyclic) bond motifs is 2. The van der Waals surface area contributed by atoms with Crippen LogP contribution in [0.25, 0.3) is 27.4 Å². The van der Waals surface area contributed by atoms with Gasteiger partial charge in [-0.15, -0.1) is 11.3 Å². The van der Waals surface area contributed by atoms with Crippen LogP contribution in [0.1, 0.15) is 10.4 Å². The Bertz CT molecular complexity index is 1210. The zero-order valence-corrected chi connectivity index (χ0v) is 16.4. The second-order valence-corrected chi connectivity index (χ2v) is 7.21. The zero-order chi connectivity index (χ0) is 19.3. The Morgan fingerprint density at radius 3 is 2.30 bits per heavy atom. The van der Waals surface area contributed by atoms with E-state index in [1.807, 2.05) is 13.8 Å². The van der Waals surface area contributed by atoms with Crippen LogP contribution in [0.2, 0.25) is 0 Å². The second kappa shape index (κ2) is 6.27. The van der Waals surface area contributed by atoms with Crippen LogP contribution in [0, 0.1) is 13.8 Å². The Kier molecular flexibility index (Phi) is 4.03. The lowest BCUT2D eigenvalue weighted by Crippen LogP contribution is -2.15. The first-order chi connectivity index (χ1) is 13.0. The molecule has 0 aliphatic heterocycles. The minimum absolute atomic E-state index is 0.164. The molecule has 4 aromatic rings. The van der Waals surface area contributed by atoms with E-state index in [1.165, 1.54) is 15.9 Å². The number of aromatic amines is 1. The summed E-state index contributed by atoms with van der Waals surface area (Å²) in [6, 6.07) is 3.53. The Morgan fingerprint density at radius 2 is 1.70 bits per heavy atom. The molecule has 1 N–H and O–H groups in total.